The maximum absolute atomic E-state index is 13.2. The minimum Gasteiger partial charge on any atom is -0.337 e. The number of rotatable bonds is 4. The molecule has 0 saturated heterocycles. The molecule has 0 spiro atoms. The Morgan fingerprint density at radius 3 is 2.26 bits per heavy atom. The lowest BCUT2D eigenvalue weighted by atomic mass is 9.95. The second-order valence-corrected chi connectivity index (χ2v) is 7.09. The molecular formula is C19H21BrN2O. The summed E-state index contributed by atoms with van der Waals surface area (Å²) in [6, 6.07) is 8.24. The van der Waals surface area contributed by atoms with E-state index in [1.807, 2.05) is 57.4 Å². The van der Waals surface area contributed by atoms with E-state index in [1.54, 1.807) is 0 Å². The van der Waals surface area contributed by atoms with Crippen molar-refractivity contribution in [3.05, 3.63) is 56.3 Å². The van der Waals surface area contributed by atoms with E-state index in [1.165, 1.54) is 0 Å². The van der Waals surface area contributed by atoms with Crippen LogP contribution < -0.4 is 0 Å². The van der Waals surface area contributed by atoms with Crippen molar-refractivity contribution in [1.29, 1.82) is 5.26 Å². The van der Waals surface area contributed by atoms with Gasteiger partial charge in [-0.15, -0.1) is 0 Å². The third-order valence-corrected chi connectivity index (χ3v) is 4.57. The maximum Gasteiger partial charge on any atom is 0.211 e. The second kappa shape index (κ2) is 6.72. The summed E-state index contributed by atoms with van der Waals surface area (Å²) in [7, 11) is 0. The lowest BCUT2D eigenvalue weighted by Gasteiger charge is -2.17. The van der Waals surface area contributed by atoms with Gasteiger partial charge in [0.2, 0.25) is 5.78 Å². The zero-order chi connectivity index (χ0) is 17.3. The van der Waals surface area contributed by atoms with Crippen LogP contribution >= 0.6 is 15.9 Å². The van der Waals surface area contributed by atoms with Crippen LogP contribution in [0.2, 0.25) is 0 Å². The molecular weight excluding hydrogens is 352 g/mol. The molecule has 0 aliphatic carbocycles. The summed E-state index contributed by atoms with van der Waals surface area (Å²) >= 11 is 3.52. The van der Waals surface area contributed by atoms with E-state index in [4.69, 9.17) is 5.26 Å². The number of aromatic nitrogens is 1. The number of aryl methyl sites for hydroxylation is 3. The van der Waals surface area contributed by atoms with E-state index in [-0.39, 0.29) is 18.2 Å². The molecule has 0 aliphatic heterocycles. The third kappa shape index (κ3) is 3.25. The van der Waals surface area contributed by atoms with Crippen LogP contribution in [0.4, 0.5) is 0 Å². The number of hydrogen-bond acceptors (Lipinski definition) is 2. The predicted molar refractivity (Wildman–Crippen MR) is 95.9 cm³/mol. The quantitative estimate of drug-likeness (QED) is 0.704. The summed E-state index contributed by atoms with van der Waals surface area (Å²) in [5, 5.41) is 9.04. The molecule has 1 heterocycles. The van der Waals surface area contributed by atoms with Crippen molar-refractivity contribution in [2.45, 2.75) is 47.1 Å². The van der Waals surface area contributed by atoms with Crippen LogP contribution in [0.15, 0.2) is 22.7 Å². The fourth-order valence-electron chi connectivity index (χ4n) is 3.22. The Morgan fingerprint density at radius 2 is 1.78 bits per heavy atom. The Morgan fingerprint density at radius 1 is 1.22 bits per heavy atom. The van der Waals surface area contributed by atoms with Crippen molar-refractivity contribution < 1.29 is 4.79 Å². The average molecular weight is 373 g/mol. The average Bonchev–Trinajstić information content (AvgIpc) is 2.74. The van der Waals surface area contributed by atoms with Gasteiger partial charge in [-0.25, -0.2) is 0 Å². The first-order valence-electron chi connectivity index (χ1n) is 7.67. The summed E-state index contributed by atoms with van der Waals surface area (Å²) in [6.45, 7) is 10.0. The Hall–Kier alpha value is -1.86. The molecule has 0 saturated carbocycles. The highest BCUT2D eigenvalue weighted by Crippen LogP contribution is 2.30. The van der Waals surface area contributed by atoms with Crippen LogP contribution in [0.25, 0.3) is 0 Å². The molecule has 4 heteroatoms. The number of halogens is 1. The maximum atomic E-state index is 13.2. The lowest BCUT2D eigenvalue weighted by Crippen LogP contribution is -2.16. The van der Waals surface area contributed by atoms with Gasteiger partial charge in [0.15, 0.2) is 0 Å². The third-order valence-electron chi connectivity index (χ3n) is 3.97. The fourth-order valence-corrected chi connectivity index (χ4v) is 3.86. The summed E-state index contributed by atoms with van der Waals surface area (Å²) in [6.07, 6.45) is 0.288. The molecule has 0 N–H and O–H groups in total. The molecule has 2 aromatic rings. The van der Waals surface area contributed by atoms with Gasteiger partial charge in [-0.2, -0.15) is 5.26 Å². The summed E-state index contributed by atoms with van der Waals surface area (Å²) in [5.41, 5.74) is 5.36. The molecule has 1 aromatic heterocycles. The van der Waals surface area contributed by atoms with Crippen LogP contribution in [0, 0.1) is 32.1 Å². The molecule has 0 radical (unpaired) electrons. The summed E-state index contributed by atoms with van der Waals surface area (Å²) in [5.74, 6) is 0.00441. The van der Waals surface area contributed by atoms with Crippen molar-refractivity contribution in [1.82, 2.24) is 4.57 Å². The highest BCUT2D eigenvalue weighted by molar-refractivity contribution is 9.10. The van der Waals surface area contributed by atoms with Gasteiger partial charge in [0.25, 0.3) is 0 Å². The van der Waals surface area contributed by atoms with Crippen LogP contribution in [-0.2, 0) is 6.42 Å². The van der Waals surface area contributed by atoms with E-state index in [9.17, 15) is 4.79 Å². The molecule has 0 amide bonds. The summed E-state index contributed by atoms with van der Waals surface area (Å²) in [4.78, 5) is 13.2. The largest absolute Gasteiger partial charge is 0.337 e. The summed E-state index contributed by atoms with van der Waals surface area (Å²) < 4.78 is 2.72. The number of nitriles is 1. The fraction of sp³-hybridized carbons (Fsp3) is 0.368. The zero-order valence-electron chi connectivity index (χ0n) is 14.2. The van der Waals surface area contributed by atoms with Crippen molar-refractivity contribution in [3.63, 3.8) is 0 Å². The van der Waals surface area contributed by atoms with Gasteiger partial charge >= 0.3 is 0 Å². The highest BCUT2D eigenvalue weighted by atomic mass is 79.9. The molecule has 2 rings (SSSR count). The van der Waals surface area contributed by atoms with Crippen molar-refractivity contribution in [2.75, 3.05) is 0 Å². The zero-order valence-corrected chi connectivity index (χ0v) is 15.8. The first-order chi connectivity index (χ1) is 10.8. The molecule has 1 aromatic carbocycles. The van der Waals surface area contributed by atoms with E-state index >= 15 is 0 Å². The molecule has 120 valence electrons. The SMILES string of the molecule is Cc1cc(C)c(C(=O)c2c(Br)cc(CC#N)n2C(C)C)c(C)c1. The number of carbonyl (C=O) groups excluding carboxylic acids is 1. The van der Waals surface area contributed by atoms with Gasteiger partial charge in [-0.3, -0.25) is 4.79 Å². The Labute approximate surface area is 146 Å². The standard InChI is InChI=1S/C19H21BrN2O/c1-11(2)22-15(6-7-21)10-16(20)18(22)19(23)17-13(4)8-12(3)9-14(17)5/h8-11H,6H2,1-5H3. The van der Waals surface area contributed by atoms with E-state index in [2.05, 4.69) is 22.0 Å². The van der Waals surface area contributed by atoms with Crippen LogP contribution in [0.1, 0.15) is 58.3 Å². The molecule has 0 fully saturated rings. The lowest BCUT2D eigenvalue weighted by molar-refractivity contribution is 0.102. The van der Waals surface area contributed by atoms with Gasteiger partial charge in [0.1, 0.15) is 5.69 Å². The molecule has 0 unspecified atom stereocenters. The Bertz CT molecular complexity index is 787. The van der Waals surface area contributed by atoms with Crippen LogP contribution in [-0.4, -0.2) is 10.4 Å². The predicted octanol–water partition coefficient (Wildman–Crippen LogP) is 5.05. The number of benzene rings is 1. The normalized spacial score (nSPS) is 10.9. The van der Waals surface area contributed by atoms with Gasteiger partial charge in [-0.1, -0.05) is 17.7 Å². The number of hydrogen-bond donors (Lipinski definition) is 0. The monoisotopic (exact) mass is 372 g/mol. The molecule has 3 nitrogen and oxygen atoms in total. The van der Waals surface area contributed by atoms with Crippen molar-refractivity contribution in [2.24, 2.45) is 0 Å². The second-order valence-electron chi connectivity index (χ2n) is 6.23. The van der Waals surface area contributed by atoms with Crippen LogP contribution in [0.3, 0.4) is 0 Å². The molecule has 0 aliphatic rings. The van der Waals surface area contributed by atoms with E-state index in [0.29, 0.717) is 5.69 Å². The molecule has 23 heavy (non-hydrogen) atoms. The first kappa shape index (κ1) is 17.5. The Balaban J connectivity index is 2.68. The van der Waals surface area contributed by atoms with E-state index in [0.717, 1.165) is 32.4 Å². The van der Waals surface area contributed by atoms with Gasteiger partial charge < -0.3 is 4.57 Å². The van der Waals surface area contributed by atoms with Crippen molar-refractivity contribution in [3.8, 4) is 6.07 Å². The minimum atomic E-state index is 0.00441. The van der Waals surface area contributed by atoms with E-state index < -0.39 is 0 Å². The topological polar surface area (TPSA) is 45.8 Å². The highest BCUT2D eigenvalue weighted by Gasteiger charge is 2.25. The smallest absolute Gasteiger partial charge is 0.211 e. The number of nitrogens with zero attached hydrogens (tertiary/aromatic N) is 2. The van der Waals surface area contributed by atoms with Crippen molar-refractivity contribution >= 4 is 21.7 Å². The number of ketones is 1. The molecule has 0 bridgehead atoms. The first-order valence-corrected chi connectivity index (χ1v) is 8.46. The van der Waals surface area contributed by atoms with Crippen LogP contribution in [0.5, 0.6) is 0 Å². The van der Waals surface area contributed by atoms with Gasteiger partial charge in [-0.05, 0) is 67.7 Å². The van der Waals surface area contributed by atoms with Gasteiger partial charge in [0, 0.05) is 21.8 Å². The molecule has 0 atom stereocenters. The minimum absolute atomic E-state index is 0.00441. The number of carbonyl (C=O) groups is 1. The van der Waals surface area contributed by atoms with Gasteiger partial charge in [0.05, 0.1) is 12.5 Å². The Kier molecular flexibility index (Phi) is 5.11.